The Bertz CT molecular complexity index is 530. The second-order valence-electron chi connectivity index (χ2n) is 4.08. The van der Waals surface area contributed by atoms with Crippen LogP contribution in [0.25, 0.3) is 0 Å². The average Bonchev–Trinajstić information content (AvgIpc) is 2.33. The molecule has 0 heterocycles. The topological polar surface area (TPSA) is 60.7 Å². The number of benzene rings is 2. The van der Waals surface area contributed by atoms with Gasteiger partial charge in [0, 0.05) is 12.0 Å². The Morgan fingerprint density at radius 1 is 0.824 bits per heavy atom. The van der Waals surface area contributed by atoms with E-state index in [2.05, 4.69) is 0 Å². The van der Waals surface area contributed by atoms with Gasteiger partial charge in [0.25, 0.3) is 0 Å². The summed E-state index contributed by atoms with van der Waals surface area (Å²) in [5.74, 6) is 0.0732. The normalized spacial score (nSPS) is 10.4. The van der Waals surface area contributed by atoms with Gasteiger partial charge in [-0.1, -0.05) is 24.3 Å². The van der Waals surface area contributed by atoms with Crippen LogP contribution in [0.1, 0.15) is 16.7 Å². The van der Waals surface area contributed by atoms with E-state index in [-0.39, 0.29) is 17.2 Å². The Hall–Kier alpha value is -2.16. The van der Waals surface area contributed by atoms with Gasteiger partial charge in [0.1, 0.15) is 5.75 Å². The quantitative estimate of drug-likeness (QED) is 0.695. The van der Waals surface area contributed by atoms with Crippen molar-refractivity contribution < 1.29 is 15.3 Å². The molecule has 88 valence electrons. The Morgan fingerprint density at radius 3 is 2.12 bits per heavy atom. The fraction of sp³-hybridized carbons (Fsp3) is 0.143. The molecule has 2 aromatic carbocycles. The van der Waals surface area contributed by atoms with Crippen LogP contribution in [0.2, 0.25) is 0 Å². The summed E-state index contributed by atoms with van der Waals surface area (Å²) in [6, 6.07) is 10.3. The molecule has 0 aromatic heterocycles. The molecule has 0 unspecified atom stereocenters. The molecule has 0 aliphatic rings. The van der Waals surface area contributed by atoms with Crippen LogP contribution in [-0.2, 0) is 6.42 Å². The first-order chi connectivity index (χ1) is 8.08. The van der Waals surface area contributed by atoms with Crippen LogP contribution in [0.4, 0.5) is 0 Å². The van der Waals surface area contributed by atoms with E-state index in [0.717, 1.165) is 5.56 Å². The van der Waals surface area contributed by atoms with Gasteiger partial charge in [0.2, 0.25) is 0 Å². The molecule has 0 aliphatic carbocycles. The number of aryl methyl sites for hydroxylation is 1. The highest BCUT2D eigenvalue weighted by Crippen LogP contribution is 2.33. The van der Waals surface area contributed by atoms with Crippen molar-refractivity contribution in [1.29, 1.82) is 0 Å². The van der Waals surface area contributed by atoms with Gasteiger partial charge in [0.15, 0.2) is 11.5 Å². The van der Waals surface area contributed by atoms with E-state index in [1.54, 1.807) is 43.3 Å². The number of hydrogen-bond acceptors (Lipinski definition) is 3. The van der Waals surface area contributed by atoms with Crippen molar-refractivity contribution in [2.24, 2.45) is 0 Å². The monoisotopic (exact) mass is 230 g/mol. The lowest BCUT2D eigenvalue weighted by atomic mass is 10.0. The van der Waals surface area contributed by atoms with Crippen LogP contribution in [0.3, 0.4) is 0 Å². The van der Waals surface area contributed by atoms with Gasteiger partial charge in [-0.2, -0.15) is 0 Å². The van der Waals surface area contributed by atoms with E-state index < -0.39 is 0 Å². The van der Waals surface area contributed by atoms with Crippen molar-refractivity contribution >= 4 is 0 Å². The zero-order valence-corrected chi connectivity index (χ0v) is 9.51. The summed E-state index contributed by atoms with van der Waals surface area (Å²) in [6.07, 6.45) is 0.514. The van der Waals surface area contributed by atoms with Crippen molar-refractivity contribution in [3.05, 3.63) is 53.1 Å². The SMILES string of the molecule is Cc1ccc(Cc2ccc(O)cc2)c(O)c1O. The summed E-state index contributed by atoms with van der Waals surface area (Å²) >= 11 is 0. The van der Waals surface area contributed by atoms with E-state index in [1.165, 1.54) is 0 Å². The summed E-state index contributed by atoms with van der Waals surface area (Å²) < 4.78 is 0. The van der Waals surface area contributed by atoms with Crippen LogP contribution >= 0.6 is 0 Å². The second-order valence-corrected chi connectivity index (χ2v) is 4.08. The van der Waals surface area contributed by atoms with Gasteiger partial charge in [0.05, 0.1) is 0 Å². The third-order valence-corrected chi connectivity index (χ3v) is 2.77. The minimum Gasteiger partial charge on any atom is -0.508 e. The van der Waals surface area contributed by atoms with E-state index in [1.807, 2.05) is 0 Å². The summed E-state index contributed by atoms with van der Waals surface area (Å²) in [6.45, 7) is 1.74. The molecule has 3 nitrogen and oxygen atoms in total. The highest BCUT2D eigenvalue weighted by atomic mass is 16.3. The molecule has 0 atom stereocenters. The first-order valence-electron chi connectivity index (χ1n) is 5.36. The minimum atomic E-state index is -0.0712. The van der Waals surface area contributed by atoms with E-state index >= 15 is 0 Å². The molecule has 17 heavy (non-hydrogen) atoms. The number of aromatic hydroxyl groups is 3. The van der Waals surface area contributed by atoms with Crippen LogP contribution in [0, 0.1) is 6.92 Å². The number of rotatable bonds is 2. The molecule has 3 N–H and O–H groups in total. The molecule has 0 saturated heterocycles. The van der Waals surface area contributed by atoms with Crippen molar-refractivity contribution in [2.45, 2.75) is 13.3 Å². The van der Waals surface area contributed by atoms with Gasteiger partial charge >= 0.3 is 0 Å². The highest BCUT2D eigenvalue weighted by Gasteiger charge is 2.09. The summed E-state index contributed by atoms with van der Waals surface area (Å²) in [4.78, 5) is 0. The van der Waals surface area contributed by atoms with Crippen LogP contribution in [-0.4, -0.2) is 15.3 Å². The largest absolute Gasteiger partial charge is 0.508 e. The lowest BCUT2D eigenvalue weighted by Gasteiger charge is -2.08. The first-order valence-corrected chi connectivity index (χ1v) is 5.36. The smallest absolute Gasteiger partial charge is 0.161 e. The molecule has 0 amide bonds. The Labute approximate surface area is 99.6 Å². The van der Waals surface area contributed by atoms with Gasteiger partial charge in [-0.25, -0.2) is 0 Å². The van der Waals surface area contributed by atoms with E-state index in [0.29, 0.717) is 17.5 Å². The Balaban J connectivity index is 2.30. The van der Waals surface area contributed by atoms with Crippen LogP contribution in [0.15, 0.2) is 36.4 Å². The summed E-state index contributed by atoms with van der Waals surface area (Å²) in [5, 5.41) is 28.6. The van der Waals surface area contributed by atoms with Gasteiger partial charge in [-0.15, -0.1) is 0 Å². The Morgan fingerprint density at radius 2 is 1.47 bits per heavy atom. The molecule has 2 rings (SSSR count). The number of phenolic OH excluding ortho intramolecular Hbond substituents is 3. The Kier molecular flexibility index (Phi) is 2.91. The molecule has 0 spiro atoms. The maximum atomic E-state index is 9.79. The van der Waals surface area contributed by atoms with Gasteiger partial charge in [-0.3, -0.25) is 0 Å². The average molecular weight is 230 g/mol. The minimum absolute atomic E-state index is 0.0683. The third kappa shape index (κ3) is 2.33. The molecule has 0 fully saturated rings. The molecule has 0 bridgehead atoms. The number of hydrogen-bond donors (Lipinski definition) is 3. The lowest BCUT2D eigenvalue weighted by Crippen LogP contribution is -1.90. The molecule has 3 heteroatoms. The van der Waals surface area contributed by atoms with Crippen molar-refractivity contribution in [2.75, 3.05) is 0 Å². The molecule has 2 aromatic rings. The zero-order valence-electron chi connectivity index (χ0n) is 9.51. The molecule has 0 aliphatic heterocycles. The number of phenols is 3. The maximum Gasteiger partial charge on any atom is 0.161 e. The summed E-state index contributed by atoms with van der Waals surface area (Å²) in [5.41, 5.74) is 2.28. The van der Waals surface area contributed by atoms with Gasteiger partial charge in [-0.05, 0) is 30.2 Å². The third-order valence-electron chi connectivity index (χ3n) is 2.77. The standard InChI is InChI=1S/C14H14O3/c1-9-2-5-11(14(17)13(9)16)8-10-3-6-12(15)7-4-10/h2-7,15-17H,8H2,1H3. The van der Waals surface area contributed by atoms with Crippen molar-refractivity contribution in [3.8, 4) is 17.2 Å². The summed E-state index contributed by atoms with van der Waals surface area (Å²) in [7, 11) is 0. The van der Waals surface area contributed by atoms with Crippen molar-refractivity contribution in [1.82, 2.24) is 0 Å². The predicted octanol–water partition coefficient (Wildman–Crippen LogP) is 2.70. The lowest BCUT2D eigenvalue weighted by molar-refractivity contribution is 0.397. The van der Waals surface area contributed by atoms with Crippen LogP contribution < -0.4 is 0 Å². The molecule has 0 saturated carbocycles. The molecule has 0 radical (unpaired) electrons. The second kappa shape index (κ2) is 4.37. The fourth-order valence-corrected chi connectivity index (χ4v) is 1.70. The molecular formula is C14H14O3. The zero-order chi connectivity index (χ0) is 12.4. The first kappa shape index (κ1) is 11.3. The predicted molar refractivity (Wildman–Crippen MR) is 65.4 cm³/mol. The highest BCUT2D eigenvalue weighted by molar-refractivity contribution is 5.50. The molecular weight excluding hydrogens is 216 g/mol. The van der Waals surface area contributed by atoms with Crippen molar-refractivity contribution in [3.63, 3.8) is 0 Å². The van der Waals surface area contributed by atoms with Gasteiger partial charge < -0.3 is 15.3 Å². The maximum absolute atomic E-state index is 9.79. The van der Waals surface area contributed by atoms with Crippen LogP contribution in [0.5, 0.6) is 17.2 Å². The fourth-order valence-electron chi connectivity index (χ4n) is 1.70. The van der Waals surface area contributed by atoms with E-state index in [4.69, 9.17) is 5.11 Å². The van der Waals surface area contributed by atoms with E-state index in [9.17, 15) is 10.2 Å².